The molecule has 1 fully saturated rings. The summed E-state index contributed by atoms with van der Waals surface area (Å²) in [5, 5.41) is 0.673. The van der Waals surface area contributed by atoms with Crippen LogP contribution in [0.3, 0.4) is 0 Å². The van der Waals surface area contributed by atoms with Crippen molar-refractivity contribution in [1.82, 2.24) is 24.8 Å². The molecule has 4 heterocycles. The van der Waals surface area contributed by atoms with E-state index in [1.165, 1.54) is 4.90 Å². The van der Waals surface area contributed by atoms with E-state index in [1.807, 2.05) is 30.3 Å². The minimum atomic E-state index is -0.355. The molecule has 9 heteroatoms. The van der Waals surface area contributed by atoms with Crippen molar-refractivity contribution in [3.8, 4) is 0 Å². The maximum Gasteiger partial charge on any atom is 0.267 e. The number of hydrogen-bond acceptors (Lipinski definition) is 8. The van der Waals surface area contributed by atoms with E-state index in [0.717, 1.165) is 32.1 Å². The quantitative estimate of drug-likeness (QED) is 0.437. The second-order valence-electron chi connectivity index (χ2n) is 8.28. The molecule has 0 aliphatic carbocycles. The van der Waals surface area contributed by atoms with Crippen LogP contribution in [0.15, 0.2) is 67.0 Å². The molecule has 168 valence electrons. The van der Waals surface area contributed by atoms with Gasteiger partial charge in [0.15, 0.2) is 5.82 Å². The van der Waals surface area contributed by atoms with E-state index in [9.17, 15) is 9.59 Å². The van der Waals surface area contributed by atoms with Crippen LogP contribution < -0.4 is 9.80 Å². The first-order chi connectivity index (χ1) is 16.7. The topological polar surface area (TPSA) is 95.4 Å². The number of amides is 2. The van der Waals surface area contributed by atoms with Crippen molar-refractivity contribution >= 4 is 34.5 Å². The molecule has 2 aliphatic heterocycles. The lowest BCUT2D eigenvalue weighted by atomic mass is 10.1. The number of rotatable bonds is 4. The maximum atomic E-state index is 13.1. The predicted octanol–water partition coefficient (Wildman–Crippen LogP) is 2.54. The molecule has 2 aromatic heterocycles. The first-order valence-corrected chi connectivity index (χ1v) is 11.2. The fraction of sp³-hybridized carbons (Fsp3) is 0.200. The van der Waals surface area contributed by atoms with Gasteiger partial charge in [0.2, 0.25) is 5.95 Å². The second-order valence-corrected chi connectivity index (χ2v) is 8.28. The summed E-state index contributed by atoms with van der Waals surface area (Å²) in [6, 6.07) is 16.2. The minimum Gasteiger partial charge on any atom is -0.338 e. The van der Waals surface area contributed by atoms with Crippen LogP contribution in [0.25, 0.3) is 10.9 Å². The van der Waals surface area contributed by atoms with Crippen LogP contribution in [0.1, 0.15) is 26.5 Å². The molecular formula is C25H21N7O2. The molecule has 0 spiro atoms. The number of imide groups is 1. The molecule has 1 saturated heterocycles. The number of para-hydroxylation sites is 1. The van der Waals surface area contributed by atoms with E-state index < -0.39 is 0 Å². The number of nitrogens with zero attached hydrogens (tertiary/aromatic N) is 7. The Hall–Kier alpha value is -4.24. The van der Waals surface area contributed by atoms with Gasteiger partial charge in [-0.1, -0.05) is 24.3 Å². The molecule has 0 atom stereocenters. The van der Waals surface area contributed by atoms with Crippen molar-refractivity contribution in [3.63, 3.8) is 0 Å². The number of carbonyl (C=O) groups is 2. The fourth-order valence-corrected chi connectivity index (χ4v) is 4.49. The summed E-state index contributed by atoms with van der Waals surface area (Å²) in [7, 11) is 0. The number of piperazine rings is 1. The largest absolute Gasteiger partial charge is 0.338 e. The Balaban J connectivity index is 1.29. The van der Waals surface area contributed by atoms with Crippen LogP contribution >= 0.6 is 0 Å². The summed E-state index contributed by atoms with van der Waals surface area (Å²) in [4.78, 5) is 50.0. The summed E-state index contributed by atoms with van der Waals surface area (Å²) < 4.78 is 0. The third-order valence-corrected chi connectivity index (χ3v) is 6.21. The number of anilines is 2. The number of carbonyl (C=O) groups excluding carboxylic acids is 2. The van der Waals surface area contributed by atoms with Gasteiger partial charge in [-0.15, -0.1) is 0 Å². The Morgan fingerprint density at radius 1 is 0.735 bits per heavy atom. The Bertz CT molecular complexity index is 1370. The number of aromatic nitrogens is 4. The lowest BCUT2D eigenvalue weighted by Crippen LogP contribution is -2.46. The standard InChI is InChI=1S/C25H21N7O2/c33-23-17-6-1-2-7-18(17)24(34)32(23)22-19-8-3-4-9-20(19)28-21(29-22)16-30-12-14-31(15-13-30)25-26-10-5-11-27-25/h1-11H,12-16H2. The second kappa shape index (κ2) is 8.27. The number of hydrogen-bond donors (Lipinski definition) is 0. The molecule has 0 N–H and O–H groups in total. The molecule has 9 nitrogen and oxygen atoms in total. The van der Waals surface area contributed by atoms with Gasteiger partial charge in [-0.25, -0.2) is 24.8 Å². The van der Waals surface area contributed by atoms with E-state index in [0.29, 0.717) is 40.2 Å². The average Bonchev–Trinajstić information content (AvgIpc) is 3.14. The summed E-state index contributed by atoms with van der Waals surface area (Å²) in [5.41, 5.74) is 1.50. The van der Waals surface area contributed by atoms with Crippen LogP contribution in [0.2, 0.25) is 0 Å². The van der Waals surface area contributed by atoms with Crippen molar-refractivity contribution in [2.75, 3.05) is 36.0 Å². The summed E-state index contributed by atoms with van der Waals surface area (Å²) >= 11 is 0. The van der Waals surface area contributed by atoms with Gasteiger partial charge in [0.1, 0.15) is 5.82 Å². The van der Waals surface area contributed by atoms with E-state index >= 15 is 0 Å². The molecule has 0 bridgehead atoms. The number of benzene rings is 2. The molecular weight excluding hydrogens is 430 g/mol. The Kier molecular flexibility index (Phi) is 4.96. The molecule has 2 aromatic carbocycles. The van der Waals surface area contributed by atoms with Crippen molar-refractivity contribution in [1.29, 1.82) is 0 Å². The van der Waals surface area contributed by atoms with Gasteiger partial charge in [-0.05, 0) is 30.3 Å². The molecule has 0 saturated carbocycles. The highest BCUT2D eigenvalue weighted by Gasteiger charge is 2.38. The predicted molar refractivity (Wildman–Crippen MR) is 127 cm³/mol. The molecule has 0 unspecified atom stereocenters. The molecule has 0 radical (unpaired) electrons. The van der Waals surface area contributed by atoms with Gasteiger partial charge in [-0.2, -0.15) is 0 Å². The third-order valence-electron chi connectivity index (χ3n) is 6.21. The Labute approximate surface area is 195 Å². The van der Waals surface area contributed by atoms with Gasteiger partial charge >= 0.3 is 0 Å². The zero-order valence-electron chi connectivity index (χ0n) is 18.3. The molecule has 6 rings (SSSR count). The maximum absolute atomic E-state index is 13.1. The Morgan fingerprint density at radius 2 is 1.38 bits per heavy atom. The lowest BCUT2D eigenvalue weighted by Gasteiger charge is -2.34. The van der Waals surface area contributed by atoms with Gasteiger partial charge in [0, 0.05) is 44.0 Å². The van der Waals surface area contributed by atoms with Gasteiger partial charge in [0.25, 0.3) is 11.8 Å². The SMILES string of the molecule is O=C1c2ccccc2C(=O)N1c1nc(CN2CCN(c3ncccn3)CC2)nc2ccccc12. The third kappa shape index (κ3) is 3.46. The highest BCUT2D eigenvalue weighted by molar-refractivity contribution is 6.35. The highest BCUT2D eigenvalue weighted by atomic mass is 16.2. The fourth-order valence-electron chi connectivity index (χ4n) is 4.49. The van der Waals surface area contributed by atoms with E-state index in [-0.39, 0.29) is 11.8 Å². The molecule has 34 heavy (non-hydrogen) atoms. The van der Waals surface area contributed by atoms with Crippen molar-refractivity contribution in [2.24, 2.45) is 0 Å². The summed E-state index contributed by atoms with van der Waals surface area (Å²) in [5.74, 6) is 0.938. The first kappa shape index (κ1) is 20.4. The van der Waals surface area contributed by atoms with E-state index in [1.54, 1.807) is 36.7 Å². The van der Waals surface area contributed by atoms with Crippen molar-refractivity contribution in [3.05, 3.63) is 83.9 Å². The molecule has 2 amide bonds. The van der Waals surface area contributed by atoms with Crippen LogP contribution in [-0.4, -0.2) is 62.8 Å². The van der Waals surface area contributed by atoms with Crippen molar-refractivity contribution < 1.29 is 9.59 Å². The number of fused-ring (bicyclic) bond motifs is 2. The lowest BCUT2D eigenvalue weighted by molar-refractivity contribution is 0.0925. The summed E-state index contributed by atoms with van der Waals surface area (Å²) in [6.07, 6.45) is 3.50. The smallest absolute Gasteiger partial charge is 0.267 e. The van der Waals surface area contributed by atoms with Crippen LogP contribution in [0.4, 0.5) is 11.8 Å². The molecule has 2 aliphatic rings. The average molecular weight is 451 g/mol. The highest BCUT2D eigenvalue weighted by Crippen LogP contribution is 2.32. The van der Waals surface area contributed by atoms with Crippen LogP contribution in [0, 0.1) is 0 Å². The van der Waals surface area contributed by atoms with Gasteiger partial charge < -0.3 is 4.90 Å². The first-order valence-electron chi connectivity index (χ1n) is 11.2. The van der Waals surface area contributed by atoms with E-state index in [4.69, 9.17) is 9.97 Å². The van der Waals surface area contributed by atoms with E-state index in [2.05, 4.69) is 19.8 Å². The Morgan fingerprint density at radius 3 is 2.09 bits per heavy atom. The van der Waals surface area contributed by atoms with Gasteiger partial charge in [0.05, 0.1) is 23.2 Å². The monoisotopic (exact) mass is 451 g/mol. The normalized spacial score (nSPS) is 16.4. The minimum absolute atomic E-state index is 0.336. The van der Waals surface area contributed by atoms with Crippen molar-refractivity contribution in [2.45, 2.75) is 6.54 Å². The summed E-state index contributed by atoms with van der Waals surface area (Å²) in [6.45, 7) is 3.71. The van der Waals surface area contributed by atoms with Gasteiger partial charge in [-0.3, -0.25) is 14.5 Å². The molecule has 4 aromatic rings. The zero-order chi connectivity index (χ0) is 23.1. The van der Waals surface area contributed by atoms with Crippen LogP contribution in [0.5, 0.6) is 0 Å². The zero-order valence-corrected chi connectivity index (χ0v) is 18.3. The van der Waals surface area contributed by atoms with Crippen LogP contribution in [-0.2, 0) is 6.54 Å².